The molecule has 8 heteroatoms. The number of hydrogen-bond acceptors (Lipinski definition) is 6. The van der Waals surface area contributed by atoms with E-state index in [2.05, 4.69) is 9.88 Å². The van der Waals surface area contributed by atoms with Gasteiger partial charge in [0.25, 0.3) is 5.69 Å². The average Bonchev–Trinajstić information content (AvgIpc) is 2.82. The molecule has 0 spiro atoms. The van der Waals surface area contributed by atoms with Gasteiger partial charge in [0.2, 0.25) is 0 Å². The molecule has 3 rings (SSSR count). The van der Waals surface area contributed by atoms with Gasteiger partial charge in [0.15, 0.2) is 5.13 Å². The summed E-state index contributed by atoms with van der Waals surface area (Å²) in [5, 5.41) is 11.7. The summed E-state index contributed by atoms with van der Waals surface area (Å²) in [5.41, 5.74) is 6.67. The van der Waals surface area contributed by atoms with Gasteiger partial charge in [0, 0.05) is 31.3 Å². The van der Waals surface area contributed by atoms with E-state index in [-0.39, 0.29) is 24.1 Å². The molecule has 1 aliphatic rings. The summed E-state index contributed by atoms with van der Waals surface area (Å²) < 4.78 is 0.982. The number of halogens is 1. The molecular formula is C12H15ClN4O2S. The van der Waals surface area contributed by atoms with E-state index >= 15 is 0 Å². The highest BCUT2D eigenvalue weighted by Gasteiger charge is 2.19. The van der Waals surface area contributed by atoms with Gasteiger partial charge in [-0.1, -0.05) is 11.3 Å². The van der Waals surface area contributed by atoms with Crippen LogP contribution in [0.5, 0.6) is 0 Å². The molecule has 2 aromatic rings. The Morgan fingerprint density at radius 3 is 2.75 bits per heavy atom. The van der Waals surface area contributed by atoms with Crippen LogP contribution >= 0.6 is 23.7 Å². The highest BCUT2D eigenvalue weighted by Crippen LogP contribution is 2.32. The Balaban J connectivity index is 0.00000147. The number of nitrogens with zero attached hydrogens (tertiary/aromatic N) is 3. The minimum absolute atomic E-state index is 0. The Morgan fingerprint density at radius 2 is 2.10 bits per heavy atom. The molecule has 1 aliphatic heterocycles. The van der Waals surface area contributed by atoms with Crippen molar-refractivity contribution in [2.24, 2.45) is 5.73 Å². The summed E-state index contributed by atoms with van der Waals surface area (Å²) in [6.45, 7) is 1.81. The summed E-state index contributed by atoms with van der Waals surface area (Å²) in [7, 11) is 0. The number of benzene rings is 1. The first-order valence-electron chi connectivity index (χ1n) is 6.19. The fraction of sp³-hybridized carbons (Fsp3) is 0.417. The summed E-state index contributed by atoms with van der Waals surface area (Å²) in [4.78, 5) is 17.1. The third-order valence-electron chi connectivity index (χ3n) is 3.38. The predicted octanol–water partition coefficient (Wildman–Crippen LogP) is 2.55. The monoisotopic (exact) mass is 314 g/mol. The highest BCUT2D eigenvalue weighted by molar-refractivity contribution is 7.22. The second-order valence-corrected chi connectivity index (χ2v) is 5.74. The lowest BCUT2D eigenvalue weighted by atomic mass is 10.1. The van der Waals surface area contributed by atoms with E-state index in [4.69, 9.17) is 5.73 Å². The summed E-state index contributed by atoms with van der Waals surface area (Å²) >= 11 is 1.58. The minimum Gasteiger partial charge on any atom is -0.348 e. The van der Waals surface area contributed by atoms with Crippen LogP contribution in [0.4, 0.5) is 10.8 Å². The smallest absolute Gasteiger partial charge is 0.271 e. The van der Waals surface area contributed by atoms with Gasteiger partial charge in [-0.25, -0.2) is 4.98 Å². The quantitative estimate of drug-likeness (QED) is 0.680. The van der Waals surface area contributed by atoms with Crippen LogP contribution < -0.4 is 10.6 Å². The average molecular weight is 315 g/mol. The number of nitro benzene ring substituents is 1. The molecule has 20 heavy (non-hydrogen) atoms. The van der Waals surface area contributed by atoms with E-state index in [1.807, 2.05) is 0 Å². The fourth-order valence-electron chi connectivity index (χ4n) is 2.24. The molecule has 0 saturated carbocycles. The molecule has 6 nitrogen and oxygen atoms in total. The van der Waals surface area contributed by atoms with Gasteiger partial charge in [0.05, 0.1) is 15.1 Å². The molecule has 2 heterocycles. The number of piperidine rings is 1. The molecule has 0 amide bonds. The fourth-order valence-corrected chi connectivity index (χ4v) is 3.24. The second-order valence-electron chi connectivity index (χ2n) is 4.73. The first-order valence-corrected chi connectivity index (χ1v) is 7.00. The topological polar surface area (TPSA) is 85.3 Å². The van der Waals surface area contributed by atoms with E-state index in [0.29, 0.717) is 5.52 Å². The van der Waals surface area contributed by atoms with E-state index in [9.17, 15) is 10.1 Å². The van der Waals surface area contributed by atoms with Crippen molar-refractivity contribution < 1.29 is 4.92 Å². The van der Waals surface area contributed by atoms with Crippen molar-refractivity contribution in [2.75, 3.05) is 18.0 Å². The van der Waals surface area contributed by atoms with Gasteiger partial charge >= 0.3 is 0 Å². The molecule has 0 aliphatic carbocycles. The van der Waals surface area contributed by atoms with Crippen LogP contribution in [-0.4, -0.2) is 29.0 Å². The predicted molar refractivity (Wildman–Crippen MR) is 82.9 cm³/mol. The lowest BCUT2D eigenvalue weighted by Gasteiger charge is -2.29. The number of fused-ring (bicyclic) bond motifs is 1. The maximum atomic E-state index is 10.7. The Hall–Kier alpha value is -1.44. The van der Waals surface area contributed by atoms with Crippen LogP contribution in [-0.2, 0) is 0 Å². The van der Waals surface area contributed by atoms with Gasteiger partial charge in [-0.05, 0) is 18.9 Å². The first kappa shape index (κ1) is 15.0. The maximum absolute atomic E-state index is 10.7. The van der Waals surface area contributed by atoms with Gasteiger partial charge in [-0.15, -0.1) is 12.4 Å². The molecule has 1 fully saturated rings. The number of non-ortho nitro benzene ring substituents is 1. The molecule has 1 aromatic carbocycles. The Kier molecular flexibility index (Phi) is 4.42. The molecule has 0 bridgehead atoms. The van der Waals surface area contributed by atoms with Gasteiger partial charge in [-0.2, -0.15) is 0 Å². The zero-order valence-corrected chi connectivity index (χ0v) is 12.3. The number of rotatable bonds is 2. The number of aromatic nitrogens is 1. The number of anilines is 1. The van der Waals surface area contributed by atoms with Crippen molar-refractivity contribution in [2.45, 2.75) is 18.9 Å². The third-order valence-corrected chi connectivity index (χ3v) is 4.48. The molecular weight excluding hydrogens is 300 g/mol. The zero-order chi connectivity index (χ0) is 13.4. The van der Waals surface area contributed by atoms with E-state index in [1.54, 1.807) is 17.4 Å². The second kappa shape index (κ2) is 5.90. The molecule has 0 radical (unpaired) electrons. The van der Waals surface area contributed by atoms with Crippen molar-refractivity contribution >= 4 is 44.8 Å². The van der Waals surface area contributed by atoms with Gasteiger partial charge < -0.3 is 10.6 Å². The van der Waals surface area contributed by atoms with Crippen LogP contribution in [0.25, 0.3) is 10.2 Å². The molecule has 1 saturated heterocycles. The number of nitrogens with two attached hydrogens (primary N) is 1. The normalized spacial score (nSPS) is 16.1. The Bertz CT molecular complexity index is 625. The van der Waals surface area contributed by atoms with Crippen LogP contribution in [0, 0.1) is 10.1 Å². The van der Waals surface area contributed by atoms with Gasteiger partial charge in [0.1, 0.15) is 0 Å². The molecule has 0 unspecified atom stereocenters. The van der Waals surface area contributed by atoms with Crippen molar-refractivity contribution in [1.82, 2.24) is 4.98 Å². The Labute approximate surface area is 126 Å². The minimum atomic E-state index is -0.391. The van der Waals surface area contributed by atoms with Crippen LogP contribution in [0.15, 0.2) is 18.2 Å². The van der Waals surface area contributed by atoms with Crippen molar-refractivity contribution in [1.29, 1.82) is 0 Å². The van der Waals surface area contributed by atoms with E-state index < -0.39 is 4.92 Å². The molecule has 0 atom stereocenters. The SMILES string of the molecule is Cl.NC1CCN(c2nc3cc([N+](=O)[O-])ccc3s2)CC1. The lowest BCUT2D eigenvalue weighted by molar-refractivity contribution is -0.384. The summed E-state index contributed by atoms with van der Waals surface area (Å²) in [6, 6.07) is 5.11. The zero-order valence-electron chi connectivity index (χ0n) is 10.7. The van der Waals surface area contributed by atoms with E-state index in [1.165, 1.54) is 12.1 Å². The number of thiazole rings is 1. The molecule has 1 aromatic heterocycles. The molecule has 2 N–H and O–H groups in total. The number of hydrogen-bond donors (Lipinski definition) is 1. The maximum Gasteiger partial charge on any atom is 0.271 e. The highest BCUT2D eigenvalue weighted by atomic mass is 35.5. The van der Waals surface area contributed by atoms with Crippen molar-refractivity contribution in [3.05, 3.63) is 28.3 Å². The van der Waals surface area contributed by atoms with Crippen LogP contribution in [0.1, 0.15) is 12.8 Å². The third kappa shape index (κ3) is 2.84. The lowest BCUT2D eigenvalue weighted by Crippen LogP contribution is -2.39. The van der Waals surface area contributed by atoms with Crippen molar-refractivity contribution in [3.8, 4) is 0 Å². The van der Waals surface area contributed by atoms with Crippen molar-refractivity contribution in [3.63, 3.8) is 0 Å². The van der Waals surface area contributed by atoms with E-state index in [0.717, 1.165) is 35.8 Å². The summed E-state index contributed by atoms with van der Waals surface area (Å²) in [5.74, 6) is 0. The number of nitro groups is 1. The summed E-state index contributed by atoms with van der Waals surface area (Å²) in [6.07, 6.45) is 1.94. The van der Waals surface area contributed by atoms with Crippen LogP contribution in [0.2, 0.25) is 0 Å². The first-order chi connectivity index (χ1) is 9.13. The molecule has 108 valence electrons. The Morgan fingerprint density at radius 1 is 1.40 bits per heavy atom. The van der Waals surface area contributed by atoms with Crippen LogP contribution in [0.3, 0.4) is 0 Å². The standard InChI is InChI=1S/C12H14N4O2S.ClH/c13-8-3-5-15(6-4-8)12-14-10-7-9(16(17)18)1-2-11(10)19-12;/h1-2,7-8H,3-6,13H2;1H. The van der Waals surface area contributed by atoms with Gasteiger partial charge in [-0.3, -0.25) is 10.1 Å². The largest absolute Gasteiger partial charge is 0.348 e.